The van der Waals surface area contributed by atoms with Gasteiger partial charge in [0, 0.05) is 9.37 Å². The van der Waals surface area contributed by atoms with E-state index in [2.05, 4.69) is 15.9 Å². The Morgan fingerprint density at radius 2 is 1.92 bits per heavy atom. The average molecular weight is 273 g/mol. The number of hydrogen-bond acceptors (Lipinski definition) is 2. The van der Waals surface area contributed by atoms with Gasteiger partial charge in [0.05, 0.1) is 0 Å². The Morgan fingerprint density at radius 3 is 2.38 bits per heavy atom. The van der Waals surface area contributed by atoms with Crippen molar-refractivity contribution in [3.8, 4) is 5.75 Å². The third kappa shape index (κ3) is 3.48. The normalized spacial score (nSPS) is 11.7. The Kier molecular flexibility index (Phi) is 3.13. The smallest absolute Gasteiger partial charge is 0.446 e. The number of thioether (sulfide) groups is 1. The zero-order valence-corrected chi connectivity index (χ0v) is 8.50. The number of hydrogen-bond donors (Lipinski definition) is 1. The van der Waals surface area contributed by atoms with Gasteiger partial charge in [-0.1, -0.05) is 0 Å². The largest absolute Gasteiger partial charge is 0.508 e. The molecule has 0 radical (unpaired) electrons. The quantitative estimate of drug-likeness (QED) is 0.786. The fourth-order valence-corrected chi connectivity index (χ4v) is 1.85. The van der Waals surface area contributed by atoms with Crippen LogP contribution in [0.5, 0.6) is 5.75 Å². The first kappa shape index (κ1) is 10.7. The fourth-order valence-electron chi connectivity index (χ4n) is 0.697. The molecule has 0 spiro atoms. The highest BCUT2D eigenvalue weighted by atomic mass is 79.9. The monoisotopic (exact) mass is 272 g/mol. The Balaban J connectivity index is 2.90. The van der Waals surface area contributed by atoms with E-state index in [-0.39, 0.29) is 26.9 Å². The molecule has 0 unspecified atom stereocenters. The number of halogens is 4. The standard InChI is InChI=1S/C7H4BrF3OS/c8-5-3-4(12)1-2-6(5)13-7(9,10)11/h1-3,12H. The van der Waals surface area contributed by atoms with Crippen LogP contribution in [0.2, 0.25) is 0 Å². The lowest BCUT2D eigenvalue weighted by atomic mass is 10.3. The molecule has 0 fully saturated rings. The predicted octanol–water partition coefficient (Wildman–Crippen LogP) is 3.77. The molecule has 72 valence electrons. The van der Waals surface area contributed by atoms with Crippen LogP contribution in [-0.4, -0.2) is 10.6 Å². The highest BCUT2D eigenvalue weighted by Crippen LogP contribution is 2.41. The lowest BCUT2D eigenvalue weighted by Gasteiger charge is -2.07. The first-order chi connectivity index (χ1) is 5.88. The van der Waals surface area contributed by atoms with E-state index < -0.39 is 5.51 Å². The average Bonchev–Trinajstić information content (AvgIpc) is 1.93. The number of benzene rings is 1. The summed E-state index contributed by atoms with van der Waals surface area (Å²) in [4.78, 5) is 0.0327. The van der Waals surface area contributed by atoms with Crippen LogP contribution in [0.1, 0.15) is 0 Å². The summed E-state index contributed by atoms with van der Waals surface area (Å²) < 4.78 is 35.9. The molecule has 13 heavy (non-hydrogen) atoms. The fraction of sp³-hybridized carbons (Fsp3) is 0.143. The molecule has 0 aliphatic carbocycles. The van der Waals surface area contributed by atoms with Crippen LogP contribution in [-0.2, 0) is 0 Å². The van der Waals surface area contributed by atoms with E-state index in [1.54, 1.807) is 0 Å². The Labute approximate surface area is 85.1 Å². The van der Waals surface area contributed by atoms with Gasteiger partial charge in [0.15, 0.2) is 0 Å². The van der Waals surface area contributed by atoms with Crippen molar-refractivity contribution in [3.05, 3.63) is 22.7 Å². The molecule has 0 saturated carbocycles. The molecule has 6 heteroatoms. The maximum Gasteiger partial charge on any atom is 0.446 e. The van der Waals surface area contributed by atoms with Crippen molar-refractivity contribution < 1.29 is 18.3 Å². The van der Waals surface area contributed by atoms with E-state index in [1.807, 2.05) is 0 Å². The first-order valence-corrected chi connectivity index (χ1v) is 4.74. The highest BCUT2D eigenvalue weighted by molar-refractivity contribution is 9.10. The molecule has 1 rings (SSSR count). The molecular weight excluding hydrogens is 269 g/mol. The number of alkyl halides is 3. The minimum Gasteiger partial charge on any atom is -0.508 e. The van der Waals surface area contributed by atoms with Crippen LogP contribution in [0, 0.1) is 0 Å². The summed E-state index contributed by atoms with van der Waals surface area (Å²) in [5.74, 6) is -0.0709. The van der Waals surface area contributed by atoms with Gasteiger partial charge in [-0.3, -0.25) is 0 Å². The predicted molar refractivity (Wildman–Crippen MR) is 47.7 cm³/mol. The summed E-state index contributed by atoms with van der Waals surface area (Å²) >= 11 is 2.70. The molecular formula is C7H4BrF3OS. The van der Waals surface area contributed by atoms with Crippen molar-refractivity contribution in [2.24, 2.45) is 0 Å². The molecule has 0 atom stereocenters. The van der Waals surface area contributed by atoms with E-state index in [1.165, 1.54) is 18.2 Å². The Hall–Kier alpha value is -0.360. The van der Waals surface area contributed by atoms with Gasteiger partial charge in [0.25, 0.3) is 0 Å². The van der Waals surface area contributed by atoms with Crippen molar-refractivity contribution >= 4 is 27.7 Å². The molecule has 0 amide bonds. The summed E-state index contributed by atoms with van der Waals surface area (Å²) in [5, 5.41) is 8.92. The van der Waals surface area contributed by atoms with Crippen LogP contribution in [0.3, 0.4) is 0 Å². The van der Waals surface area contributed by atoms with E-state index in [0.717, 1.165) is 0 Å². The third-order valence-electron chi connectivity index (χ3n) is 1.14. The molecule has 1 nitrogen and oxygen atoms in total. The molecule has 0 saturated heterocycles. The van der Waals surface area contributed by atoms with Crippen LogP contribution < -0.4 is 0 Å². The first-order valence-electron chi connectivity index (χ1n) is 3.13. The molecule has 0 heterocycles. The summed E-state index contributed by atoms with van der Waals surface area (Å²) in [7, 11) is 0. The second kappa shape index (κ2) is 3.79. The third-order valence-corrected chi connectivity index (χ3v) is 2.87. The van der Waals surface area contributed by atoms with Gasteiger partial charge < -0.3 is 5.11 Å². The summed E-state index contributed by atoms with van der Waals surface area (Å²) in [5.41, 5.74) is -4.31. The number of rotatable bonds is 1. The van der Waals surface area contributed by atoms with E-state index >= 15 is 0 Å². The Morgan fingerprint density at radius 1 is 1.31 bits per heavy atom. The van der Waals surface area contributed by atoms with Gasteiger partial charge in [-0.15, -0.1) is 0 Å². The van der Waals surface area contributed by atoms with Crippen LogP contribution >= 0.6 is 27.7 Å². The maximum absolute atomic E-state index is 11.9. The van der Waals surface area contributed by atoms with E-state index in [9.17, 15) is 13.2 Å². The van der Waals surface area contributed by atoms with Crippen LogP contribution in [0.25, 0.3) is 0 Å². The van der Waals surface area contributed by atoms with Gasteiger partial charge in [0.2, 0.25) is 0 Å². The van der Waals surface area contributed by atoms with Crippen LogP contribution in [0.4, 0.5) is 13.2 Å². The van der Waals surface area contributed by atoms with Gasteiger partial charge in [0.1, 0.15) is 5.75 Å². The van der Waals surface area contributed by atoms with Crippen LogP contribution in [0.15, 0.2) is 27.6 Å². The molecule has 1 aromatic carbocycles. The maximum atomic E-state index is 11.9. The molecule has 0 aromatic heterocycles. The molecule has 0 aliphatic heterocycles. The number of phenolic OH excluding ortho intramolecular Hbond substituents is 1. The van der Waals surface area contributed by atoms with Crippen molar-refractivity contribution in [3.63, 3.8) is 0 Å². The SMILES string of the molecule is Oc1ccc(SC(F)(F)F)c(Br)c1. The summed E-state index contributed by atoms with van der Waals surface area (Å²) in [6.07, 6.45) is 0. The van der Waals surface area contributed by atoms with E-state index in [4.69, 9.17) is 5.11 Å². The van der Waals surface area contributed by atoms with Crippen molar-refractivity contribution in [2.75, 3.05) is 0 Å². The number of aromatic hydroxyl groups is 1. The molecule has 1 aromatic rings. The minimum absolute atomic E-state index is 0.0327. The lowest BCUT2D eigenvalue weighted by molar-refractivity contribution is -0.0328. The summed E-state index contributed by atoms with van der Waals surface area (Å²) in [6, 6.07) is 3.63. The van der Waals surface area contributed by atoms with Gasteiger partial charge in [-0.25, -0.2) is 0 Å². The highest BCUT2D eigenvalue weighted by Gasteiger charge is 2.30. The lowest BCUT2D eigenvalue weighted by Crippen LogP contribution is -1.99. The van der Waals surface area contributed by atoms with Crippen molar-refractivity contribution in [1.29, 1.82) is 0 Å². The zero-order chi connectivity index (χ0) is 10.1. The van der Waals surface area contributed by atoms with Gasteiger partial charge in [-0.05, 0) is 45.9 Å². The van der Waals surface area contributed by atoms with Crippen molar-refractivity contribution in [2.45, 2.75) is 10.4 Å². The van der Waals surface area contributed by atoms with E-state index in [0.29, 0.717) is 0 Å². The van der Waals surface area contributed by atoms with Gasteiger partial charge >= 0.3 is 5.51 Å². The zero-order valence-electron chi connectivity index (χ0n) is 6.10. The second-order valence-corrected chi connectivity index (χ2v) is 4.12. The second-order valence-electron chi connectivity index (χ2n) is 2.16. The van der Waals surface area contributed by atoms with Crippen molar-refractivity contribution in [1.82, 2.24) is 0 Å². The molecule has 0 aliphatic rings. The number of phenols is 1. The summed E-state index contributed by atoms with van der Waals surface area (Å²) in [6.45, 7) is 0. The minimum atomic E-state index is -4.31. The Bertz CT molecular complexity index is 313. The molecule has 0 bridgehead atoms. The van der Waals surface area contributed by atoms with Gasteiger partial charge in [-0.2, -0.15) is 13.2 Å². The topological polar surface area (TPSA) is 20.2 Å². The molecule has 1 N–H and O–H groups in total.